The van der Waals surface area contributed by atoms with Crippen molar-refractivity contribution in [2.75, 3.05) is 25.4 Å². The van der Waals surface area contributed by atoms with Crippen molar-refractivity contribution < 1.29 is 28.6 Å². The molecule has 1 aliphatic rings. The van der Waals surface area contributed by atoms with Crippen molar-refractivity contribution in [3.63, 3.8) is 0 Å². The Morgan fingerprint density at radius 1 is 1.18 bits per heavy atom. The second-order valence-electron chi connectivity index (χ2n) is 6.35. The van der Waals surface area contributed by atoms with Crippen molar-refractivity contribution in [2.45, 2.75) is 79.6 Å². The fourth-order valence-electron chi connectivity index (χ4n) is 1.92. The van der Waals surface area contributed by atoms with Gasteiger partial charge in [0.15, 0.2) is 11.6 Å². The molecule has 2 heterocycles. The fraction of sp³-hybridized carbons (Fsp3) is 0.714. The molecule has 194 valence electrons. The molecule has 0 spiro atoms. The number of carboxylic acid groups (broad SMARTS) is 1. The molecule has 0 radical (unpaired) electrons. The Labute approximate surface area is 195 Å². The maximum Gasteiger partial charge on any atom is 0.351 e. The number of rotatable bonds is 5. The molecule has 1 saturated heterocycles. The van der Waals surface area contributed by atoms with Crippen LogP contribution >= 0.6 is 0 Å². The minimum Gasteiger partial charge on any atom is -0.480 e. The maximum absolute atomic E-state index is 13.3. The predicted octanol–water partition coefficient (Wildman–Crippen LogP) is 2.03. The van der Waals surface area contributed by atoms with Crippen molar-refractivity contribution in [3.8, 4) is 0 Å². The molecular formula is C21H42FN5O6. The van der Waals surface area contributed by atoms with E-state index >= 15 is 0 Å². The number of esters is 1. The van der Waals surface area contributed by atoms with Gasteiger partial charge in [0.1, 0.15) is 12.8 Å². The lowest BCUT2D eigenvalue weighted by molar-refractivity contribution is -0.146. The number of aliphatic carboxylic acids is 1. The summed E-state index contributed by atoms with van der Waals surface area (Å²) in [5.74, 6) is -2.73. The molecule has 1 fully saturated rings. The number of halogens is 1. The fourth-order valence-corrected chi connectivity index (χ4v) is 1.92. The number of nitrogen functional groups attached to an aromatic ring is 1. The highest BCUT2D eigenvalue weighted by Crippen LogP contribution is 2.27. The van der Waals surface area contributed by atoms with E-state index in [-0.39, 0.29) is 25.8 Å². The summed E-state index contributed by atoms with van der Waals surface area (Å²) in [5.41, 5.74) is 14.2. The van der Waals surface area contributed by atoms with Crippen LogP contribution in [0.1, 0.15) is 73.5 Å². The SMILES string of the molecule is CC.CCC.CCC.NCC(=O)O.NCC(=O)OCC1CCC(n2cc(F)c(N)nc2=O)O1. The summed E-state index contributed by atoms with van der Waals surface area (Å²) < 4.78 is 24.7. The number of hydrogen-bond acceptors (Lipinski definition) is 9. The maximum atomic E-state index is 13.3. The van der Waals surface area contributed by atoms with Gasteiger partial charge in [0.05, 0.1) is 25.4 Å². The highest BCUT2D eigenvalue weighted by Gasteiger charge is 2.28. The molecule has 11 nitrogen and oxygen atoms in total. The molecule has 0 bridgehead atoms. The van der Waals surface area contributed by atoms with Gasteiger partial charge in [-0.25, -0.2) is 9.18 Å². The minimum atomic E-state index is -0.968. The smallest absolute Gasteiger partial charge is 0.351 e. The van der Waals surface area contributed by atoms with E-state index in [2.05, 4.69) is 38.4 Å². The van der Waals surface area contributed by atoms with Crippen molar-refractivity contribution in [1.82, 2.24) is 9.55 Å². The number of carboxylic acids is 1. The standard InChI is InChI=1S/C11H15FN4O4.2C3H8.C2H5NO2.C2H6/c12-7-4-16(11(18)15-10(7)14)8-2-1-6(20-8)5-19-9(17)3-13;2*1-3-2;3-1-2(4)5;1-2/h4,6,8H,1-3,5,13H2,(H2,14,15,18);2*3H2,1-2H3;1,3H2,(H,4,5);1-2H3. The largest absolute Gasteiger partial charge is 0.480 e. The Balaban J connectivity index is -0.000000577. The van der Waals surface area contributed by atoms with Gasteiger partial charge in [0.2, 0.25) is 0 Å². The van der Waals surface area contributed by atoms with Crippen LogP contribution < -0.4 is 22.9 Å². The molecule has 0 amide bonds. The van der Waals surface area contributed by atoms with Gasteiger partial charge in [-0.2, -0.15) is 4.98 Å². The van der Waals surface area contributed by atoms with Gasteiger partial charge in [-0.3, -0.25) is 14.2 Å². The number of nitrogens with two attached hydrogens (primary N) is 3. The monoisotopic (exact) mass is 479 g/mol. The lowest BCUT2D eigenvalue weighted by Crippen LogP contribution is -2.29. The number of nitrogens with zero attached hydrogens (tertiary/aromatic N) is 2. The quantitative estimate of drug-likeness (QED) is 0.455. The van der Waals surface area contributed by atoms with Crippen LogP contribution in [0.4, 0.5) is 10.2 Å². The van der Waals surface area contributed by atoms with Crippen molar-refractivity contribution >= 4 is 17.8 Å². The van der Waals surface area contributed by atoms with Crippen molar-refractivity contribution in [1.29, 1.82) is 0 Å². The first-order valence-corrected chi connectivity index (χ1v) is 11.1. The number of anilines is 1. The summed E-state index contributed by atoms with van der Waals surface area (Å²) in [6.07, 6.45) is 3.51. The lowest BCUT2D eigenvalue weighted by atomic mass is 10.2. The Morgan fingerprint density at radius 3 is 2.09 bits per heavy atom. The number of carbonyl (C=O) groups excluding carboxylic acids is 1. The van der Waals surface area contributed by atoms with Crippen molar-refractivity contribution in [2.24, 2.45) is 11.5 Å². The van der Waals surface area contributed by atoms with Gasteiger partial charge < -0.3 is 31.8 Å². The molecule has 2 atom stereocenters. The van der Waals surface area contributed by atoms with Gasteiger partial charge in [-0.15, -0.1) is 0 Å². The molecule has 33 heavy (non-hydrogen) atoms. The molecule has 12 heteroatoms. The normalized spacial score (nSPS) is 15.7. The van der Waals surface area contributed by atoms with Crippen LogP contribution in [0.3, 0.4) is 0 Å². The van der Waals surface area contributed by atoms with E-state index < -0.39 is 35.5 Å². The number of ether oxygens (including phenoxy) is 2. The predicted molar refractivity (Wildman–Crippen MR) is 126 cm³/mol. The zero-order valence-corrected chi connectivity index (χ0v) is 20.7. The van der Waals surface area contributed by atoms with Crippen molar-refractivity contribution in [3.05, 3.63) is 22.5 Å². The molecule has 0 aliphatic carbocycles. The van der Waals surface area contributed by atoms with Gasteiger partial charge in [0, 0.05) is 0 Å². The van der Waals surface area contributed by atoms with Crippen LogP contribution in [0.25, 0.3) is 0 Å². The zero-order valence-electron chi connectivity index (χ0n) is 20.7. The molecule has 1 aliphatic heterocycles. The molecule has 2 rings (SSSR count). The van der Waals surface area contributed by atoms with Gasteiger partial charge in [-0.1, -0.05) is 54.4 Å². The Morgan fingerprint density at radius 2 is 1.67 bits per heavy atom. The zero-order chi connectivity index (χ0) is 26.4. The second-order valence-corrected chi connectivity index (χ2v) is 6.35. The first-order chi connectivity index (χ1) is 15.6. The Hall–Kier alpha value is -2.57. The Bertz CT molecular complexity index is 700. The first kappa shape index (κ1) is 35.0. The van der Waals surface area contributed by atoms with E-state index in [1.54, 1.807) is 0 Å². The van der Waals surface area contributed by atoms with E-state index in [1.165, 1.54) is 12.8 Å². The van der Waals surface area contributed by atoms with Crippen LogP contribution in [-0.2, 0) is 19.1 Å². The van der Waals surface area contributed by atoms with E-state index in [9.17, 15) is 18.8 Å². The first-order valence-electron chi connectivity index (χ1n) is 11.1. The average molecular weight is 480 g/mol. The third-order valence-electron chi connectivity index (χ3n) is 3.10. The summed E-state index contributed by atoms with van der Waals surface area (Å²) in [7, 11) is 0. The van der Waals surface area contributed by atoms with E-state index in [1.807, 2.05) is 13.8 Å². The summed E-state index contributed by atoms with van der Waals surface area (Å²) in [6.45, 7) is 12.1. The topological polar surface area (TPSA) is 186 Å². The van der Waals surface area contributed by atoms with Crippen LogP contribution in [0.15, 0.2) is 11.0 Å². The summed E-state index contributed by atoms with van der Waals surface area (Å²) in [6, 6.07) is 0. The summed E-state index contributed by atoms with van der Waals surface area (Å²) in [5, 5.41) is 7.60. The molecule has 1 aromatic rings. The number of carbonyl (C=O) groups is 2. The number of aromatic nitrogens is 2. The number of hydrogen-bond donors (Lipinski definition) is 4. The van der Waals surface area contributed by atoms with Gasteiger partial charge in [-0.05, 0) is 12.8 Å². The highest BCUT2D eigenvalue weighted by molar-refractivity contribution is 5.71. The van der Waals surface area contributed by atoms with Gasteiger partial charge in [0.25, 0.3) is 0 Å². The molecule has 1 aromatic heterocycles. The second kappa shape index (κ2) is 22.6. The molecular weight excluding hydrogens is 437 g/mol. The van der Waals surface area contributed by atoms with Crippen LogP contribution in [0.5, 0.6) is 0 Å². The molecule has 2 unspecified atom stereocenters. The van der Waals surface area contributed by atoms with Crippen LogP contribution in [0.2, 0.25) is 0 Å². The summed E-state index contributed by atoms with van der Waals surface area (Å²) >= 11 is 0. The van der Waals surface area contributed by atoms with E-state index in [0.717, 1.165) is 10.8 Å². The third kappa shape index (κ3) is 17.6. The van der Waals surface area contributed by atoms with Crippen LogP contribution in [-0.4, -0.2) is 52.4 Å². The van der Waals surface area contributed by atoms with E-state index in [4.69, 9.17) is 26.0 Å². The van der Waals surface area contributed by atoms with E-state index in [0.29, 0.717) is 12.8 Å². The van der Waals surface area contributed by atoms with Gasteiger partial charge >= 0.3 is 17.6 Å². The van der Waals surface area contributed by atoms with Crippen LogP contribution in [0, 0.1) is 5.82 Å². The third-order valence-corrected chi connectivity index (χ3v) is 3.10. The minimum absolute atomic E-state index is 0.0478. The molecule has 7 N–H and O–H groups in total. The average Bonchev–Trinajstić information content (AvgIpc) is 3.26. The summed E-state index contributed by atoms with van der Waals surface area (Å²) in [4.78, 5) is 35.1. The Kier molecular flexibility index (Phi) is 24.0. The molecule has 0 saturated carbocycles. The highest BCUT2D eigenvalue weighted by atomic mass is 19.1. The molecule has 0 aromatic carbocycles. The lowest BCUT2D eigenvalue weighted by Gasteiger charge is -2.15.